The van der Waals surface area contributed by atoms with Gasteiger partial charge in [-0.15, -0.1) is 0 Å². The molecule has 2 amide bonds. The predicted octanol–water partition coefficient (Wildman–Crippen LogP) is 3.70. The number of rotatable bonds is 9. The highest BCUT2D eigenvalue weighted by molar-refractivity contribution is 5.95. The van der Waals surface area contributed by atoms with E-state index in [2.05, 4.69) is 5.32 Å². The fourth-order valence-corrected chi connectivity index (χ4v) is 3.70. The van der Waals surface area contributed by atoms with Crippen LogP contribution in [0.15, 0.2) is 60.2 Å². The lowest BCUT2D eigenvalue weighted by atomic mass is 9.98. The van der Waals surface area contributed by atoms with Gasteiger partial charge in [-0.3, -0.25) is 4.79 Å². The Bertz CT molecular complexity index is 1020. The summed E-state index contributed by atoms with van der Waals surface area (Å²) in [5.41, 5.74) is 4.46. The van der Waals surface area contributed by atoms with E-state index in [0.717, 1.165) is 22.3 Å². The highest BCUT2D eigenvalue weighted by atomic mass is 19.3. The number of carboxylic acid groups (broad SMARTS) is 1. The molecule has 0 saturated heterocycles. The molecular weight excluding hydrogens is 434 g/mol. The Hall–Kier alpha value is -3.75. The number of ether oxygens (including phenoxy) is 1. The normalized spacial score (nSPS) is 13.8. The lowest BCUT2D eigenvalue weighted by Crippen LogP contribution is -2.42. The van der Waals surface area contributed by atoms with Gasteiger partial charge in [-0.05, 0) is 29.2 Å². The minimum Gasteiger partial charge on any atom is -0.480 e. The number of halogens is 2. The fraction of sp³-hybridized carbons (Fsp3) is 0.292. The quantitative estimate of drug-likeness (QED) is 0.497. The maximum absolute atomic E-state index is 12.4. The standard InChI is InChI=1S/C24H24F2N2O5/c1-14(22(29)28-20(23(30)31)12-21(25)26)10-11-27-24(32)33-13-19-17-8-4-2-6-15(17)16-7-3-5-9-18(16)19/h2-10,19-21H,11-13H2,1H3,(H,27,32)(H,28,29)(H,30,31)/b14-10+. The lowest BCUT2D eigenvalue weighted by molar-refractivity contribution is -0.142. The number of hydrogen-bond acceptors (Lipinski definition) is 4. The lowest BCUT2D eigenvalue weighted by Gasteiger charge is -2.15. The molecule has 1 aliphatic carbocycles. The Morgan fingerprint density at radius 2 is 1.64 bits per heavy atom. The molecule has 0 radical (unpaired) electrons. The molecule has 0 fully saturated rings. The maximum atomic E-state index is 12.4. The third-order valence-electron chi connectivity index (χ3n) is 5.37. The number of alkyl halides is 2. The molecule has 33 heavy (non-hydrogen) atoms. The van der Waals surface area contributed by atoms with Crippen molar-refractivity contribution in [3.8, 4) is 11.1 Å². The number of hydrogen-bond donors (Lipinski definition) is 3. The van der Waals surface area contributed by atoms with E-state index in [1.54, 1.807) is 0 Å². The zero-order valence-electron chi connectivity index (χ0n) is 17.9. The van der Waals surface area contributed by atoms with E-state index >= 15 is 0 Å². The van der Waals surface area contributed by atoms with Crippen LogP contribution in [-0.4, -0.2) is 48.7 Å². The minimum absolute atomic E-state index is 0.0531. The molecule has 1 atom stereocenters. The molecule has 2 aromatic rings. The van der Waals surface area contributed by atoms with Crippen LogP contribution < -0.4 is 10.6 Å². The average molecular weight is 458 g/mol. The van der Waals surface area contributed by atoms with Crippen LogP contribution in [0.2, 0.25) is 0 Å². The molecule has 0 heterocycles. The van der Waals surface area contributed by atoms with Gasteiger partial charge < -0.3 is 20.5 Å². The summed E-state index contributed by atoms with van der Waals surface area (Å²) in [6, 6.07) is 14.2. The van der Waals surface area contributed by atoms with Crippen LogP contribution in [0.5, 0.6) is 0 Å². The highest BCUT2D eigenvalue weighted by Crippen LogP contribution is 2.44. The van der Waals surface area contributed by atoms with Gasteiger partial charge in [0.2, 0.25) is 12.3 Å². The number of nitrogens with one attached hydrogen (secondary N) is 2. The Morgan fingerprint density at radius 1 is 1.06 bits per heavy atom. The van der Waals surface area contributed by atoms with Crippen molar-refractivity contribution in [2.75, 3.05) is 13.2 Å². The molecular formula is C24H24F2N2O5. The summed E-state index contributed by atoms with van der Waals surface area (Å²) >= 11 is 0. The second-order valence-electron chi connectivity index (χ2n) is 7.58. The van der Waals surface area contributed by atoms with Gasteiger partial charge in [0, 0.05) is 24.5 Å². The molecule has 0 bridgehead atoms. The van der Waals surface area contributed by atoms with Crippen LogP contribution in [0.3, 0.4) is 0 Å². The first kappa shape index (κ1) is 23.9. The van der Waals surface area contributed by atoms with Gasteiger partial charge in [0.05, 0.1) is 0 Å². The number of carbonyl (C=O) groups is 3. The van der Waals surface area contributed by atoms with Gasteiger partial charge in [0.25, 0.3) is 0 Å². The van der Waals surface area contributed by atoms with E-state index < -0.39 is 36.9 Å². The van der Waals surface area contributed by atoms with Crippen LogP contribution >= 0.6 is 0 Å². The first-order valence-corrected chi connectivity index (χ1v) is 10.3. The zero-order chi connectivity index (χ0) is 24.0. The second-order valence-corrected chi connectivity index (χ2v) is 7.58. The number of fused-ring (bicyclic) bond motifs is 3. The van der Waals surface area contributed by atoms with Crippen molar-refractivity contribution in [1.29, 1.82) is 0 Å². The minimum atomic E-state index is -2.87. The van der Waals surface area contributed by atoms with Crippen LogP contribution in [0.25, 0.3) is 11.1 Å². The van der Waals surface area contributed by atoms with Gasteiger partial charge in [-0.25, -0.2) is 18.4 Å². The van der Waals surface area contributed by atoms with Crippen LogP contribution in [0.4, 0.5) is 13.6 Å². The van der Waals surface area contributed by atoms with Crippen molar-refractivity contribution < 1.29 is 33.0 Å². The van der Waals surface area contributed by atoms with Crippen LogP contribution in [-0.2, 0) is 14.3 Å². The third kappa shape index (κ3) is 5.94. The van der Waals surface area contributed by atoms with Gasteiger partial charge >= 0.3 is 12.1 Å². The Kier molecular flexibility index (Phi) is 7.76. The largest absolute Gasteiger partial charge is 0.480 e. The second kappa shape index (κ2) is 10.7. The number of carbonyl (C=O) groups excluding carboxylic acids is 2. The van der Waals surface area contributed by atoms with Gasteiger partial charge in [0.1, 0.15) is 12.6 Å². The molecule has 2 aromatic carbocycles. The van der Waals surface area contributed by atoms with Crippen molar-refractivity contribution >= 4 is 18.0 Å². The van der Waals surface area contributed by atoms with E-state index in [-0.39, 0.29) is 24.6 Å². The number of benzene rings is 2. The molecule has 3 rings (SSSR count). The van der Waals surface area contributed by atoms with Gasteiger partial charge in [-0.2, -0.15) is 0 Å². The monoisotopic (exact) mass is 458 g/mol. The molecule has 0 aromatic heterocycles. The van der Waals surface area contributed by atoms with Crippen molar-refractivity contribution in [1.82, 2.24) is 10.6 Å². The predicted molar refractivity (Wildman–Crippen MR) is 117 cm³/mol. The van der Waals surface area contributed by atoms with Crippen LogP contribution in [0, 0.1) is 0 Å². The smallest absolute Gasteiger partial charge is 0.407 e. The summed E-state index contributed by atoms with van der Waals surface area (Å²) in [5.74, 6) is -2.44. The summed E-state index contributed by atoms with van der Waals surface area (Å²) in [4.78, 5) is 35.1. The molecule has 174 valence electrons. The third-order valence-corrected chi connectivity index (χ3v) is 5.37. The Labute approximate surface area is 189 Å². The fourth-order valence-electron chi connectivity index (χ4n) is 3.70. The molecule has 7 nitrogen and oxygen atoms in total. The summed E-state index contributed by atoms with van der Waals surface area (Å²) in [5, 5.41) is 13.5. The van der Waals surface area contributed by atoms with E-state index in [9.17, 15) is 23.2 Å². The van der Waals surface area contributed by atoms with Crippen LogP contribution in [0.1, 0.15) is 30.4 Å². The summed E-state index contributed by atoms with van der Waals surface area (Å²) in [6.07, 6.45) is -3.20. The van der Waals surface area contributed by atoms with E-state index in [1.165, 1.54) is 13.0 Å². The first-order chi connectivity index (χ1) is 15.8. The summed E-state index contributed by atoms with van der Waals surface area (Å²) in [6.45, 7) is 1.47. The van der Waals surface area contributed by atoms with Crippen molar-refractivity contribution in [2.45, 2.75) is 31.7 Å². The molecule has 1 unspecified atom stereocenters. The topological polar surface area (TPSA) is 105 Å². The van der Waals surface area contributed by atoms with Crippen molar-refractivity contribution in [3.63, 3.8) is 0 Å². The SMILES string of the molecule is C/C(=C\CNC(=O)OCC1c2ccccc2-c2ccccc21)C(=O)NC(CC(F)F)C(=O)O. The van der Waals surface area contributed by atoms with E-state index in [0.29, 0.717) is 0 Å². The molecule has 3 N–H and O–H groups in total. The molecule has 0 saturated carbocycles. The maximum Gasteiger partial charge on any atom is 0.407 e. The van der Waals surface area contributed by atoms with Gasteiger partial charge in [-0.1, -0.05) is 54.6 Å². The van der Waals surface area contributed by atoms with Gasteiger partial charge in [0.15, 0.2) is 0 Å². The molecule has 0 aliphatic heterocycles. The highest BCUT2D eigenvalue weighted by Gasteiger charge is 2.29. The van der Waals surface area contributed by atoms with E-state index in [1.807, 2.05) is 53.8 Å². The summed E-state index contributed by atoms with van der Waals surface area (Å²) in [7, 11) is 0. The molecule has 0 spiro atoms. The average Bonchev–Trinajstić information content (AvgIpc) is 3.10. The zero-order valence-corrected chi connectivity index (χ0v) is 17.9. The first-order valence-electron chi connectivity index (χ1n) is 10.3. The number of carboxylic acids is 1. The number of alkyl carbamates (subject to hydrolysis) is 1. The van der Waals surface area contributed by atoms with E-state index in [4.69, 9.17) is 9.84 Å². The van der Waals surface area contributed by atoms with Crippen molar-refractivity contribution in [2.24, 2.45) is 0 Å². The summed E-state index contributed by atoms with van der Waals surface area (Å²) < 4.78 is 30.3. The number of aliphatic carboxylic acids is 1. The molecule has 9 heteroatoms. The number of amides is 2. The van der Waals surface area contributed by atoms with Crippen molar-refractivity contribution in [3.05, 3.63) is 71.3 Å². The Morgan fingerprint density at radius 3 is 2.18 bits per heavy atom. The molecule has 1 aliphatic rings. The Balaban J connectivity index is 1.51.